The summed E-state index contributed by atoms with van der Waals surface area (Å²) in [5, 5.41) is 3.35. The van der Waals surface area contributed by atoms with Gasteiger partial charge in [0.25, 0.3) is 0 Å². The minimum Gasteiger partial charge on any atom is -0.321 e. The molecule has 3 nitrogen and oxygen atoms in total. The summed E-state index contributed by atoms with van der Waals surface area (Å²) < 4.78 is 0. The third-order valence-electron chi connectivity index (χ3n) is 9.14. The van der Waals surface area contributed by atoms with Crippen molar-refractivity contribution in [2.75, 3.05) is 13.6 Å². The van der Waals surface area contributed by atoms with E-state index in [-0.39, 0.29) is 11.5 Å². The molecule has 0 spiro atoms. The highest BCUT2D eigenvalue weighted by atomic mass is 16.1. The number of nitrogens with one attached hydrogen (secondary N) is 1. The van der Waals surface area contributed by atoms with Crippen molar-refractivity contribution in [3.05, 3.63) is 12.2 Å². The summed E-state index contributed by atoms with van der Waals surface area (Å²) in [6, 6.07) is -0.259. The summed E-state index contributed by atoms with van der Waals surface area (Å²) in [7, 11) is 2.07. The molecule has 0 aliphatic heterocycles. The molecule has 27 heavy (non-hydrogen) atoms. The van der Waals surface area contributed by atoms with Crippen LogP contribution in [0.5, 0.6) is 0 Å². The van der Waals surface area contributed by atoms with E-state index in [1.54, 1.807) is 0 Å². The first-order valence-corrected chi connectivity index (χ1v) is 11.5. The van der Waals surface area contributed by atoms with E-state index in [9.17, 15) is 4.79 Å². The minimum absolute atomic E-state index is 0.108. The maximum Gasteiger partial charge on any atom is 0.137 e. The van der Waals surface area contributed by atoms with Gasteiger partial charge in [-0.2, -0.15) is 0 Å². The first-order chi connectivity index (χ1) is 13.0. The number of hydrogen-bond acceptors (Lipinski definition) is 3. The standard InChI is InChI=1S/C24H40N2O/c1-15-10-19-16(2)4-7-21-23(20(19)11-15)24(21,22(25)14-27)9-8-17-5-6-18(12-17)13-26-3/h14-15,17-23,26H,2,4-13,25H2,1,3H3. The van der Waals surface area contributed by atoms with Gasteiger partial charge in [0.05, 0.1) is 6.04 Å². The fourth-order valence-corrected chi connectivity index (χ4v) is 7.93. The molecule has 0 bridgehead atoms. The van der Waals surface area contributed by atoms with Gasteiger partial charge < -0.3 is 15.8 Å². The molecule has 9 unspecified atom stereocenters. The molecule has 4 aliphatic rings. The first kappa shape index (κ1) is 19.6. The van der Waals surface area contributed by atoms with E-state index in [0.29, 0.717) is 17.8 Å². The number of carbonyl (C=O) groups excluding carboxylic acids is 1. The molecule has 0 aromatic heterocycles. The van der Waals surface area contributed by atoms with Gasteiger partial charge in [-0.1, -0.05) is 25.5 Å². The lowest BCUT2D eigenvalue weighted by atomic mass is 9.77. The van der Waals surface area contributed by atoms with Gasteiger partial charge in [0, 0.05) is 0 Å². The van der Waals surface area contributed by atoms with Crippen molar-refractivity contribution in [2.45, 2.75) is 70.8 Å². The van der Waals surface area contributed by atoms with Crippen LogP contribution in [0.15, 0.2) is 12.2 Å². The van der Waals surface area contributed by atoms with Crippen molar-refractivity contribution in [2.24, 2.45) is 52.6 Å². The molecule has 4 fully saturated rings. The lowest BCUT2D eigenvalue weighted by Crippen LogP contribution is -2.37. The molecule has 152 valence electrons. The van der Waals surface area contributed by atoms with Crippen LogP contribution in [0.25, 0.3) is 0 Å². The molecule has 0 aromatic rings. The second kappa shape index (κ2) is 7.63. The summed E-state index contributed by atoms with van der Waals surface area (Å²) in [6.07, 6.45) is 12.7. The van der Waals surface area contributed by atoms with Crippen LogP contribution in [0.1, 0.15) is 64.7 Å². The van der Waals surface area contributed by atoms with E-state index in [0.717, 1.165) is 42.9 Å². The molecule has 0 aromatic carbocycles. The number of nitrogens with two attached hydrogens (primary N) is 1. The van der Waals surface area contributed by atoms with Crippen molar-refractivity contribution in [3.8, 4) is 0 Å². The second-order valence-electron chi connectivity index (χ2n) is 10.6. The molecule has 3 heteroatoms. The average molecular weight is 373 g/mol. The number of rotatable bonds is 7. The molecule has 3 N–H and O–H groups in total. The zero-order valence-corrected chi connectivity index (χ0v) is 17.5. The molecule has 0 saturated heterocycles. The highest BCUT2D eigenvalue weighted by Crippen LogP contribution is 2.73. The van der Waals surface area contributed by atoms with Gasteiger partial charge in [-0.25, -0.2) is 0 Å². The first-order valence-electron chi connectivity index (χ1n) is 11.5. The van der Waals surface area contributed by atoms with Crippen LogP contribution in [0.2, 0.25) is 0 Å². The lowest BCUT2D eigenvalue weighted by Gasteiger charge is -2.29. The van der Waals surface area contributed by atoms with E-state index in [1.165, 1.54) is 56.9 Å². The quantitative estimate of drug-likeness (QED) is 0.521. The largest absolute Gasteiger partial charge is 0.321 e. The van der Waals surface area contributed by atoms with Gasteiger partial charge in [-0.15, -0.1) is 0 Å². The SMILES string of the molecule is C=C1CCC2C(C3CC(C)CC13)C2(CCC1CCC(CNC)C1)C(N)C=O. The summed E-state index contributed by atoms with van der Waals surface area (Å²) >= 11 is 0. The maximum atomic E-state index is 11.8. The van der Waals surface area contributed by atoms with E-state index < -0.39 is 0 Å². The zero-order valence-electron chi connectivity index (χ0n) is 17.5. The number of allylic oxidation sites excluding steroid dienone is 1. The summed E-state index contributed by atoms with van der Waals surface area (Å²) in [6.45, 7) is 8.01. The molecule has 4 rings (SSSR count). The monoisotopic (exact) mass is 372 g/mol. The maximum absolute atomic E-state index is 11.8. The highest BCUT2D eigenvalue weighted by molar-refractivity contribution is 5.61. The third kappa shape index (κ3) is 3.33. The van der Waals surface area contributed by atoms with Crippen LogP contribution >= 0.6 is 0 Å². The summed E-state index contributed by atoms with van der Waals surface area (Å²) in [5.41, 5.74) is 8.14. The van der Waals surface area contributed by atoms with E-state index in [2.05, 4.69) is 25.9 Å². The molecular weight excluding hydrogens is 332 g/mol. The van der Waals surface area contributed by atoms with E-state index >= 15 is 0 Å². The summed E-state index contributed by atoms with van der Waals surface area (Å²) in [4.78, 5) is 11.8. The predicted octanol–water partition coefficient (Wildman–Crippen LogP) is 4.17. The molecule has 0 amide bonds. The number of aldehydes is 1. The normalized spacial score (nSPS) is 47.2. The van der Waals surface area contributed by atoms with Gasteiger partial charge in [0.15, 0.2) is 0 Å². The Hall–Kier alpha value is -0.670. The van der Waals surface area contributed by atoms with Crippen LogP contribution in [0.3, 0.4) is 0 Å². The Morgan fingerprint density at radius 2 is 2.04 bits per heavy atom. The van der Waals surface area contributed by atoms with E-state index in [4.69, 9.17) is 5.73 Å². The summed E-state index contributed by atoms with van der Waals surface area (Å²) in [5.74, 6) is 5.29. The number of carbonyl (C=O) groups is 1. The number of hydrogen-bond donors (Lipinski definition) is 2. The Morgan fingerprint density at radius 3 is 2.78 bits per heavy atom. The van der Waals surface area contributed by atoms with Crippen LogP contribution in [-0.2, 0) is 4.79 Å². The Labute approximate surface area is 165 Å². The molecule has 9 atom stereocenters. The van der Waals surface area contributed by atoms with Crippen LogP contribution in [-0.4, -0.2) is 25.9 Å². The number of fused-ring (bicyclic) bond motifs is 3. The topological polar surface area (TPSA) is 55.1 Å². The molecule has 4 aliphatic carbocycles. The fraction of sp³-hybridized carbons (Fsp3) is 0.875. The molecule has 0 radical (unpaired) electrons. The zero-order chi connectivity index (χ0) is 19.2. The van der Waals surface area contributed by atoms with Gasteiger partial charge >= 0.3 is 0 Å². The van der Waals surface area contributed by atoms with Gasteiger partial charge in [0.2, 0.25) is 0 Å². The van der Waals surface area contributed by atoms with Crippen molar-refractivity contribution in [3.63, 3.8) is 0 Å². The Bertz CT molecular complexity index is 575. The van der Waals surface area contributed by atoms with Crippen LogP contribution in [0, 0.1) is 46.8 Å². The van der Waals surface area contributed by atoms with Gasteiger partial charge in [-0.3, -0.25) is 0 Å². The smallest absolute Gasteiger partial charge is 0.137 e. The predicted molar refractivity (Wildman–Crippen MR) is 111 cm³/mol. The van der Waals surface area contributed by atoms with Crippen molar-refractivity contribution in [1.82, 2.24) is 5.32 Å². The van der Waals surface area contributed by atoms with Gasteiger partial charge in [-0.05, 0) is 112 Å². The van der Waals surface area contributed by atoms with Crippen molar-refractivity contribution in [1.29, 1.82) is 0 Å². The molecule has 0 heterocycles. The van der Waals surface area contributed by atoms with Crippen molar-refractivity contribution >= 4 is 6.29 Å². The molecule has 4 saturated carbocycles. The second-order valence-corrected chi connectivity index (χ2v) is 10.6. The molecular formula is C24H40N2O. The van der Waals surface area contributed by atoms with Crippen LogP contribution in [0.4, 0.5) is 0 Å². The highest BCUT2D eigenvalue weighted by Gasteiger charge is 2.70. The van der Waals surface area contributed by atoms with Crippen LogP contribution < -0.4 is 11.1 Å². The van der Waals surface area contributed by atoms with E-state index in [1.807, 2.05) is 0 Å². The fourth-order valence-electron chi connectivity index (χ4n) is 7.93. The van der Waals surface area contributed by atoms with Crippen molar-refractivity contribution < 1.29 is 4.79 Å². The van der Waals surface area contributed by atoms with Gasteiger partial charge in [0.1, 0.15) is 6.29 Å². The average Bonchev–Trinajstić information content (AvgIpc) is 2.91. The third-order valence-corrected chi connectivity index (χ3v) is 9.14. The lowest BCUT2D eigenvalue weighted by molar-refractivity contribution is -0.110. The minimum atomic E-state index is -0.259. The Balaban J connectivity index is 1.48. The Morgan fingerprint density at radius 1 is 1.26 bits per heavy atom. The Kier molecular flexibility index (Phi) is 5.55.